The molecule has 1 aliphatic carbocycles. The van der Waals surface area contributed by atoms with Gasteiger partial charge in [-0.05, 0) is 59.0 Å². The number of alkyl halides is 3. The molecule has 1 heterocycles. The lowest BCUT2D eigenvalue weighted by Gasteiger charge is -2.17. The first-order valence-corrected chi connectivity index (χ1v) is 12.9. The lowest BCUT2D eigenvalue weighted by Crippen LogP contribution is -2.25. The number of ketones is 1. The van der Waals surface area contributed by atoms with Gasteiger partial charge in [0.25, 0.3) is 5.56 Å². The van der Waals surface area contributed by atoms with Crippen molar-refractivity contribution >= 4 is 28.4 Å². The molecule has 0 fully saturated rings. The molecule has 0 saturated carbocycles. The van der Waals surface area contributed by atoms with E-state index in [1.807, 2.05) is 30.3 Å². The normalized spacial score (nSPS) is 12.4. The number of nitrogens with zero attached hydrogens (tertiary/aromatic N) is 2. The molecular weight excluding hydrogens is 509 g/mol. The van der Waals surface area contributed by atoms with E-state index in [0.717, 1.165) is 45.5 Å². The highest BCUT2D eigenvalue weighted by molar-refractivity contribution is 7.99. The highest BCUT2D eigenvalue weighted by Gasteiger charge is 2.34. The van der Waals surface area contributed by atoms with E-state index in [1.54, 1.807) is 24.3 Å². The summed E-state index contributed by atoms with van der Waals surface area (Å²) in [4.78, 5) is 31.2. The van der Waals surface area contributed by atoms with Crippen LogP contribution in [-0.2, 0) is 12.6 Å². The topological polar surface area (TPSA) is 52.0 Å². The fourth-order valence-corrected chi connectivity index (χ4v) is 5.74. The zero-order chi connectivity index (χ0) is 26.4. The maximum Gasteiger partial charge on any atom is 0.418 e. The number of carbonyl (C=O) groups is 1. The van der Waals surface area contributed by atoms with Gasteiger partial charge in [-0.3, -0.25) is 14.2 Å². The van der Waals surface area contributed by atoms with E-state index in [0.29, 0.717) is 11.1 Å². The summed E-state index contributed by atoms with van der Waals surface area (Å²) < 4.78 is 42.6. The molecule has 0 unspecified atom stereocenters. The molecule has 4 aromatic carbocycles. The van der Waals surface area contributed by atoms with Crippen LogP contribution in [-0.4, -0.2) is 21.1 Å². The summed E-state index contributed by atoms with van der Waals surface area (Å²) in [5.41, 5.74) is 3.39. The van der Waals surface area contributed by atoms with E-state index in [9.17, 15) is 22.8 Å². The first-order valence-electron chi connectivity index (χ1n) is 11.9. The quantitative estimate of drug-likeness (QED) is 0.138. The number of benzene rings is 4. The van der Waals surface area contributed by atoms with E-state index in [-0.39, 0.29) is 27.8 Å². The standard InChI is InChI=1S/C30H19F3N2O2S/c31-30(32,33)24-10-4-6-12-26(24)35-28(37)22-9-3-5-11-25(22)34-29(35)38-17-27(36)20-14-13-19-15-18-7-1-2-8-21(18)23(19)16-20/h1-14,16H,15,17H2. The summed E-state index contributed by atoms with van der Waals surface area (Å²) >= 11 is 0.947. The van der Waals surface area contributed by atoms with Crippen molar-refractivity contribution in [2.45, 2.75) is 17.8 Å². The van der Waals surface area contributed by atoms with Crippen LogP contribution < -0.4 is 5.56 Å². The number of aromatic nitrogens is 2. The number of para-hydroxylation sites is 2. The number of Topliss-reactive ketones (excluding diaryl/α,β-unsaturated/α-hetero) is 1. The Balaban J connectivity index is 1.39. The zero-order valence-corrected chi connectivity index (χ0v) is 20.6. The third-order valence-corrected chi connectivity index (χ3v) is 7.59. The van der Waals surface area contributed by atoms with Crippen molar-refractivity contribution in [1.29, 1.82) is 0 Å². The second-order valence-electron chi connectivity index (χ2n) is 8.98. The summed E-state index contributed by atoms with van der Waals surface area (Å²) in [5, 5.41) is 0.211. The predicted molar refractivity (Wildman–Crippen MR) is 142 cm³/mol. The Morgan fingerprint density at radius 2 is 1.58 bits per heavy atom. The molecule has 0 radical (unpaired) electrons. The van der Waals surface area contributed by atoms with Gasteiger partial charge >= 0.3 is 6.18 Å². The summed E-state index contributed by atoms with van der Waals surface area (Å²) in [6.45, 7) is 0. The highest BCUT2D eigenvalue weighted by Crippen LogP contribution is 2.38. The van der Waals surface area contributed by atoms with Crippen LogP contribution in [0.15, 0.2) is 101 Å². The average molecular weight is 529 g/mol. The fraction of sp³-hybridized carbons (Fsp3) is 0.100. The lowest BCUT2D eigenvalue weighted by molar-refractivity contribution is -0.137. The molecule has 1 aliphatic rings. The summed E-state index contributed by atoms with van der Waals surface area (Å²) in [6, 6.07) is 25.0. The van der Waals surface area contributed by atoms with Gasteiger partial charge in [0, 0.05) is 5.56 Å². The Labute approximate surface area is 219 Å². The second-order valence-corrected chi connectivity index (χ2v) is 9.93. The summed E-state index contributed by atoms with van der Waals surface area (Å²) in [5.74, 6) is -0.306. The van der Waals surface area contributed by atoms with Gasteiger partial charge in [-0.25, -0.2) is 4.98 Å². The Bertz CT molecular complexity index is 1790. The SMILES string of the molecule is O=C(CSc1nc2ccccc2c(=O)n1-c1ccccc1C(F)(F)F)c1ccc2c(c1)-c1ccccc1C2. The van der Waals surface area contributed by atoms with Crippen LogP contribution in [0.1, 0.15) is 27.0 Å². The fourth-order valence-electron chi connectivity index (χ4n) is 4.84. The van der Waals surface area contributed by atoms with E-state index >= 15 is 0 Å². The molecule has 5 aromatic rings. The first-order chi connectivity index (χ1) is 18.3. The van der Waals surface area contributed by atoms with Gasteiger partial charge in [-0.15, -0.1) is 0 Å². The van der Waals surface area contributed by atoms with Gasteiger partial charge in [-0.2, -0.15) is 13.2 Å². The largest absolute Gasteiger partial charge is 0.418 e. The van der Waals surface area contributed by atoms with E-state index in [2.05, 4.69) is 11.1 Å². The molecular formula is C30H19F3N2O2S. The highest BCUT2D eigenvalue weighted by atomic mass is 32.2. The molecule has 188 valence electrons. The minimum Gasteiger partial charge on any atom is -0.293 e. The number of thioether (sulfide) groups is 1. The number of hydrogen-bond acceptors (Lipinski definition) is 4. The van der Waals surface area contributed by atoms with Crippen molar-refractivity contribution < 1.29 is 18.0 Å². The Kier molecular flexibility index (Phi) is 5.91. The van der Waals surface area contributed by atoms with E-state index in [1.165, 1.54) is 29.8 Å². The second kappa shape index (κ2) is 9.29. The number of halogens is 3. The molecule has 38 heavy (non-hydrogen) atoms. The monoisotopic (exact) mass is 528 g/mol. The molecule has 0 aliphatic heterocycles. The number of rotatable bonds is 5. The van der Waals surface area contributed by atoms with E-state index < -0.39 is 17.3 Å². The van der Waals surface area contributed by atoms with Crippen LogP contribution in [0.5, 0.6) is 0 Å². The molecule has 1 aromatic heterocycles. The molecule has 8 heteroatoms. The van der Waals surface area contributed by atoms with Crippen molar-refractivity contribution in [3.63, 3.8) is 0 Å². The van der Waals surface area contributed by atoms with Gasteiger partial charge in [0.2, 0.25) is 0 Å². The van der Waals surface area contributed by atoms with Crippen molar-refractivity contribution in [3.05, 3.63) is 124 Å². The maximum absolute atomic E-state index is 13.9. The van der Waals surface area contributed by atoms with Crippen molar-refractivity contribution in [3.8, 4) is 16.8 Å². The lowest BCUT2D eigenvalue weighted by atomic mass is 10.0. The van der Waals surface area contributed by atoms with Gasteiger partial charge in [0.1, 0.15) is 0 Å². The Morgan fingerprint density at radius 1 is 0.868 bits per heavy atom. The third-order valence-electron chi connectivity index (χ3n) is 6.65. The zero-order valence-electron chi connectivity index (χ0n) is 19.8. The minimum atomic E-state index is -4.68. The molecule has 6 rings (SSSR count). The van der Waals surface area contributed by atoms with Crippen LogP contribution in [0.2, 0.25) is 0 Å². The molecule has 0 spiro atoms. The van der Waals surface area contributed by atoms with Gasteiger partial charge in [0.15, 0.2) is 10.9 Å². The van der Waals surface area contributed by atoms with Crippen LogP contribution in [0, 0.1) is 0 Å². The smallest absolute Gasteiger partial charge is 0.293 e. The minimum absolute atomic E-state index is 0.0188. The summed E-state index contributed by atoms with van der Waals surface area (Å²) in [7, 11) is 0. The molecule has 4 nitrogen and oxygen atoms in total. The van der Waals surface area contributed by atoms with E-state index in [4.69, 9.17) is 0 Å². The van der Waals surface area contributed by atoms with Crippen LogP contribution in [0.4, 0.5) is 13.2 Å². The molecule has 0 amide bonds. The van der Waals surface area contributed by atoms with Crippen LogP contribution in [0.3, 0.4) is 0 Å². The predicted octanol–water partition coefficient (Wildman–Crippen LogP) is 6.95. The van der Waals surface area contributed by atoms with Crippen molar-refractivity contribution in [2.75, 3.05) is 5.75 Å². The molecule has 0 saturated heterocycles. The summed E-state index contributed by atoms with van der Waals surface area (Å²) in [6.07, 6.45) is -3.87. The van der Waals surface area contributed by atoms with Crippen LogP contribution >= 0.6 is 11.8 Å². The van der Waals surface area contributed by atoms with Gasteiger partial charge < -0.3 is 0 Å². The molecule has 0 atom stereocenters. The third kappa shape index (κ3) is 4.20. The van der Waals surface area contributed by atoms with Gasteiger partial charge in [-0.1, -0.05) is 72.4 Å². The number of hydrogen-bond donors (Lipinski definition) is 0. The average Bonchev–Trinajstić information content (AvgIpc) is 3.29. The first kappa shape index (κ1) is 24.2. The maximum atomic E-state index is 13.9. The Morgan fingerprint density at radius 3 is 2.42 bits per heavy atom. The van der Waals surface area contributed by atoms with Crippen molar-refractivity contribution in [2.24, 2.45) is 0 Å². The van der Waals surface area contributed by atoms with Crippen molar-refractivity contribution in [1.82, 2.24) is 9.55 Å². The molecule has 0 bridgehead atoms. The van der Waals surface area contributed by atoms with Gasteiger partial charge in [0.05, 0.1) is 27.9 Å². The molecule has 0 N–H and O–H groups in total. The number of carbonyl (C=O) groups excluding carboxylic acids is 1. The Hall–Kier alpha value is -4.17. The van der Waals surface area contributed by atoms with Crippen LogP contribution in [0.25, 0.3) is 27.7 Å². The number of fused-ring (bicyclic) bond motifs is 4.